The van der Waals surface area contributed by atoms with Crippen molar-refractivity contribution in [1.29, 1.82) is 0 Å². The summed E-state index contributed by atoms with van der Waals surface area (Å²) < 4.78 is 15.3. The van der Waals surface area contributed by atoms with Crippen molar-refractivity contribution in [1.82, 2.24) is 9.55 Å². The Kier molecular flexibility index (Phi) is 5.58. The first-order chi connectivity index (χ1) is 14.1. The maximum atomic E-state index is 13.2. The van der Waals surface area contributed by atoms with Gasteiger partial charge in [-0.1, -0.05) is 23.7 Å². The molecule has 0 saturated carbocycles. The number of halogens is 2. The molecule has 2 heterocycles. The van der Waals surface area contributed by atoms with Crippen LogP contribution in [0.1, 0.15) is 17.5 Å². The molecule has 0 bridgehead atoms. The largest absolute Gasteiger partial charge is 0.343 e. The Morgan fingerprint density at radius 1 is 1.07 bits per heavy atom. The van der Waals surface area contributed by atoms with Gasteiger partial charge in [0, 0.05) is 53.2 Å². The van der Waals surface area contributed by atoms with E-state index in [9.17, 15) is 9.18 Å². The fourth-order valence-electron chi connectivity index (χ4n) is 3.37. The zero-order chi connectivity index (χ0) is 20.2. The standard InChI is InChI=1S/C23H19ClFN3O/c24-18-4-7-22-21(13-18)17(3-8-23(29)27-20-9-11-26-12-10-20)15-28(22)14-16-1-5-19(25)6-2-16/h1-2,4-7,9-13,15H,3,8,14H2,(H,26,27,29). The van der Waals surface area contributed by atoms with Gasteiger partial charge in [-0.2, -0.15) is 0 Å². The van der Waals surface area contributed by atoms with E-state index in [2.05, 4.69) is 14.9 Å². The summed E-state index contributed by atoms with van der Waals surface area (Å²) in [4.78, 5) is 16.3. The summed E-state index contributed by atoms with van der Waals surface area (Å²) in [7, 11) is 0. The highest BCUT2D eigenvalue weighted by atomic mass is 35.5. The Bertz CT molecular complexity index is 1140. The molecule has 6 heteroatoms. The molecule has 0 aliphatic carbocycles. The first kappa shape index (κ1) is 19.2. The molecule has 0 saturated heterocycles. The monoisotopic (exact) mass is 407 g/mol. The number of anilines is 1. The van der Waals surface area contributed by atoms with Crippen LogP contribution in [0.2, 0.25) is 5.02 Å². The van der Waals surface area contributed by atoms with E-state index < -0.39 is 0 Å². The van der Waals surface area contributed by atoms with E-state index in [1.54, 1.807) is 36.7 Å². The van der Waals surface area contributed by atoms with Crippen molar-refractivity contribution in [3.63, 3.8) is 0 Å². The normalized spacial score (nSPS) is 11.0. The molecule has 0 radical (unpaired) electrons. The molecule has 0 unspecified atom stereocenters. The summed E-state index contributed by atoms with van der Waals surface area (Å²) in [6.45, 7) is 0.613. The Balaban J connectivity index is 1.54. The molecule has 29 heavy (non-hydrogen) atoms. The number of benzene rings is 2. The molecule has 0 fully saturated rings. The lowest BCUT2D eigenvalue weighted by Crippen LogP contribution is -2.12. The molecule has 1 N–H and O–H groups in total. The number of carbonyl (C=O) groups excluding carboxylic acids is 1. The molecule has 4 rings (SSSR count). The quantitative estimate of drug-likeness (QED) is 0.462. The van der Waals surface area contributed by atoms with Crippen molar-refractivity contribution in [2.75, 3.05) is 5.32 Å². The number of nitrogens with one attached hydrogen (secondary N) is 1. The summed E-state index contributed by atoms with van der Waals surface area (Å²) in [5.74, 6) is -0.309. The van der Waals surface area contributed by atoms with Crippen molar-refractivity contribution in [2.45, 2.75) is 19.4 Å². The highest BCUT2D eigenvalue weighted by Crippen LogP contribution is 2.27. The van der Waals surface area contributed by atoms with Crippen molar-refractivity contribution in [3.05, 3.63) is 95.2 Å². The zero-order valence-electron chi connectivity index (χ0n) is 15.6. The van der Waals surface area contributed by atoms with Crippen molar-refractivity contribution < 1.29 is 9.18 Å². The summed E-state index contributed by atoms with van der Waals surface area (Å²) in [5.41, 5.74) is 3.81. The highest BCUT2D eigenvalue weighted by molar-refractivity contribution is 6.31. The van der Waals surface area contributed by atoms with Crippen LogP contribution in [-0.2, 0) is 17.8 Å². The molecule has 2 aromatic heterocycles. The molecule has 4 nitrogen and oxygen atoms in total. The van der Waals surface area contributed by atoms with Gasteiger partial charge in [0.25, 0.3) is 0 Å². The average Bonchev–Trinajstić information content (AvgIpc) is 3.05. The van der Waals surface area contributed by atoms with Crippen LogP contribution in [0.25, 0.3) is 10.9 Å². The second-order valence-corrected chi connectivity index (χ2v) is 7.29. The maximum Gasteiger partial charge on any atom is 0.224 e. The van der Waals surface area contributed by atoms with Crippen LogP contribution >= 0.6 is 11.6 Å². The first-order valence-electron chi connectivity index (χ1n) is 9.30. The fourth-order valence-corrected chi connectivity index (χ4v) is 3.54. The molecule has 4 aromatic rings. The zero-order valence-corrected chi connectivity index (χ0v) is 16.4. The van der Waals surface area contributed by atoms with Crippen LogP contribution < -0.4 is 5.32 Å². The Labute approximate surface area is 173 Å². The Hall–Kier alpha value is -3.18. The lowest BCUT2D eigenvalue weighted by molar-refractivity contribution is -0.116. The molecule has 0 spiro atoms. The minimum absolute atomic E-state index is 0.0577. The summed E-state index contributed by atoms with van der Waals surface area (Å²) >= 11 is 6.21. The number of hydrogen-bond acceptors (Lipinski definition) is 2. The van der Waals surface area contributed by atoms with Crippen LogP contribution in [0.4, 0.5) is 10.1 Å². The van der Waals surface area contributed by atoms with Gasteiger partial charge in [0.15, 0.2) is 0 Å². The number of rotatable bonds is 6. The minimum atomic E-state index is -0.251. The van der Waals surface area contributed by atoms with Gasteiger partial charge in [0.05, 0.1) is 0 Å². The van der Waals surface area contributed by atoms with Gasteiger partial charge < -0.3 is 9.88 Å². The molecule has 146 valence electrons. The van der Waals surface area contributed by atoms with Gasteiger partial charge in [0.2, 0.25) is 5.91 Å². The molecule has 0 aliphatic heterocycles. The van der Waals surface area contributed by atoms with E-state index >= 15 is 0 Å². The van der Waals surface area contributed by atoms with Gasteiger partial charge >= 0.3 is 0 Å². The molecule has 2 aromatic carbocycles. The number of nitrogens with zero attached hydrogens (tertiary/aromatic N) is 2. The van der Waals surface area contributed by atoms with E-state index in [0.29, 0.717) is 24.4 Å². The SMILES string of the molecule is O=C(CCc1cn(Cc2ccc(F)cc2)c2ccc(Cl)cc12)Nc1ccncc1. The summed E-state index contributed by atoms with van der Waals surface area (Å²) in [6, 6.07) is 15.7. The van der Waals surface area contributed by atoms with Crippen molar-refractivity contribution >= 4 is 34.1 Å². The molecular formula is C23H19ClFN3O. The number of fused-ring (bicyclic) bond motifs is 1. The van der Waals surface area contributed by atoms with E-state index in [4.69, 9.17) is 11.6 Å². The third-order valence-corrected chi connectivity index (χ3v) is 5.01. The van der Waals surface area contributed by atoms with Gasteiger partial charge in [-0.3, -0.25) is 9.78 Å². The number of aromatic nitrogens is 2. The summed E-state index contributed by atoms with van der Waals surface area (Å²) in [6.07, 6.45) is 6.26. The number of amides is 1. The average molecular weight is 408 g/mol. The van der Waals surface area contributed by atoms with Crippen molar-refractivity contribution in [3.8, 4) is 0 Å². The van der Waals surface area contributed by atoms with Crippen LogP contribution in [0.15, 0.2) is 73.2 Å². The van der Waals surface area contributed by atoms with Crippen LogP contribution in [-0.4, -0.2) is 15.5 Å². The van der Waals surface area contributed by atoms with Gasteiger partial charge in [-0.05, 0) is 60.0 Å². The molecular weight excluding hydrogens is 389 g/mol. The van der Waals surface area contributed by atoms with E-state index in [1.807, 2.05) is 24.4 Å². The minimum Gasteiger partial charge on any atom is -0.343 e. The fraction of sp³-hybridized carbons (Fsp3) is 0.130. The number of hydrogen-bond donors (Lipinski definition) is 1. The second kappa shape index (κ2) is 8.45. The van der Waals surface area contributed by atoms with Gasteiger partial charge in [-0.15, -0.1) is 0 Å². The van der Waals surface area contributed by atoms with Gasteiger partial charge in [-0.25, -0.2) is 4.39 Å². The molecule has 1 amide bonds. The van der Waals surface area contributed by atoms with E-state index in [-0.39, 0.29) is 11.7 Å². The molecule has 0 atom stereocenters. The van der Waals surface area contributed by atoms with E-state index in [0.717, 1.165) is 27.7 Å². The van der Waals surface area contributed by atoms with Crippen LogP contribution in [0, 0.1) is 5.82 Å². The number of pyridine rings is 1. The van der Waals surface area contributed by atoms with Crippen molar-refractivity contribution in [2.24, 2.45) is 0 Å². The number of aryl methyl sites for hydroxylation is 1. The van der Waals surface area contributed by atoms with Crippen LogP contribution in [0.3, 0.4) is 0 Å². The predicted octanol–water partition coefficient (Wildman–Crippen LogP) is 5.45. The van der Waals surface area contributed by atoms with Crippen LogP contribution in [0.5, 0.6) is 0 Å². The topological polar surface area (TPSA) is 46.9 Å². The summed E-state index contributed by atoms with van der Waals surface area (Å²) in [5, 5.41) is 4.55. The third kappa shape index (κ3) is 4.63. The first-order valence-corrected chi connectivity index (χ1v) is 9.68. The maximum absolute atomic E-state index is 13.2. The lowest BCUT2D eigenvalue weighted by Gasteiger charge is -2.05. The van der Waals surface area contributed by atoms with Gasteiger partial charge in [0.1, 0.15) is 5.82 Å². The predicted molar refractivity (Wildman–Crippen MR) is 114 cm³/mol. The lowest BCUT2D eigenvalue weighted by atomic mass is 10.1. The Morgan fingerprint density at radius 2 is 1.83 bits per heavy atom. The molecule has 0 aliphatic rings. The second-order valence-electron chi connectivity index (χ2n) is 6.85. The number of carbonyl (C=O) groups is 1. The third-order valence-electron chi connectivity index (χ3n) is 4.78. The highest BCUT2D eigenvalue weighted by Gasteiger charge is 2.12. The Morgan fingerprint density at radius 3 is 2.59 bits per heavy atom. The van der Waals surface area contributed by atoms with E-state index in [1.165, 1.54) is 12.1 Å². The smallest absolute Gasteiger partial charge is 0.224 e.